The molecule has 68 valence electrons. The Morgan fingerprint density at radius 3 is 2.18 bits per heavy atom. The Balaban J connectivity index is 3.51. The first-order valence-corrected chi connectivity index (χ1v) is 4.88. The molecule has 0 aromatic heterocycles. The van der Waals surface area contributed by atoms with Gasteiger partial charge in [0.05, 0.1) is 0 Å². The number of hydrogen-bond acceptors (Lipinski definition) is 1. The second-order valence-electron chi connectivity index (χ2n) is 3.83. The molecule has 1 heteroatoms. The molecule has 0 radical (unpaired) electrons. The lowest BCUT2D eigenvalue weighted by Crippen LogP contribution is -2.26. The predicted molar refractivity (Wildman–Crippen MR) is 51.6 cm³/mol. The Bertz CT molecular complexity index is 84.9. The van der Waals surface area contributed by atoms with Gasteiger partial charge >= 0.3 is 0 Å². The van der Waals surface area contributed by atoms with Crippen molar-refractivity contribution in [3.63, 3.8) is 0 Å². The van der Waals surface area contributed by atoms with Gasteiger partial charge in [-0.1, -0.05) is 40.0 Å². The van der Waals surface area contributed by atoms with Crippen molar-refractivity contribution in [3.05, 3.63) is 0 Å². The quantitative estimate of drug-likeness (QED) is 0.589. The van der Waals surface area contributed by atoms with Crippen LogP contribution in [0.15, 0.2) is 0 Å². The number of hydrogen-bond donors (Lipinski definition) is 1. The molecule has 0 saturated heterocycles. The van der Waals surface area contributed by atoms with Gasteiger partial charge in [-0.25, -0.2) is 0 Å². The Labute approximate surface area is 71.4 Å². The molecule has 0 aromatic rings. The molecular formula is C10H23N. The molecule has 0 aliphatic carbocycles. The first-order chi connectivity index (χ1) is 5.18. The molecule has 0 aliphatic heterocycles. The molecule has 2 N–H and O–H groups in total. The lowest BCUT2D eigenvalue weighted by atomic mass is 9.82. The second-order valence-corrected chi connectivity index (χ2v) is 3.83. The summed E-state index contributed by atoms with van der Waals surface area (Å²) in [6.07, 6.45) is 6.53. The molecule has 0 aliphatic rings. The van der Waals surface area contributed by atoms with Crippen molar-refractivity contribution in [3.8, 4) is 0 Å². The van der Waals surface area contributed by atoms with Crippen LogP contribution in [0.2, 0.25) is 0 Å². The fourth-order valence-electron chi connectivity index (χ4n) is 1.22. The van der Waals surface area contributed by atoms with Crippen molar-refractivity contribution < 1.29 is 0 Å². The highest BCUT2D eigenvalue weighted by Gasteiger charge is 2.18. The van der Waals surface area contributed by atoms with Crippen LogP contribution in [-0.2, 0) is 0 Å². The van der Waals surface area contributed by atoms with E-state index in [9.17, 15) is 0 Å². The van der Waals surface area contributed by atoms with E-state index in [-0.39, 0.29) is 0 Å². The summed E-state index contributed by atoms with van der Waals surface area (Å²) in [5, 5.41) is 0. The monoisotopic (exact) mass is 157 g/mol. The second kappa shape index (κ2) is 5.59. The van der Waals surface area contributed by atoms with Crippen LogP contribution in [0.25, 0.3) is 0 Å². The predicted octanol–water partition coefficient (Wildman–Crippen LogP) is 2.94. The van der Waals surface area contributed by atoms with Gasteiger partial charge < -0.3 is 5.73 Å². The van der Waals surface area contributed by atoms with Gasteiger partial charge in [-0.15, -0.1) is 0 Å². The lowest BCUT2D eigenvalue weighted by Gasteiger charge is -2.25. The van der Waals surface area contributed by atoms with Crippen molar-refractivity contribution in [2.24, 2.45) is 11.1 Å². The molecule has 0 rings (SSSR count). The third-order valence-corrected chi connectivity index (χ3v) is 2.73. The lowest BCUT2D eigenvalue weighted by molar-refractivity contribution is 0.285. The fourth-order valence-corrected chi connectivity index (χ4v) is 1.22. The van der Waals surface area contributed by atoms with Crippen LogP contribution in [-0.4, -0.2) is 6.54 Å². The van der Waals surface area contributed by atoms with Gasteiger partial charge in [0, 0.05) is 0 Å². The molecule has 0 fully saturated rings. The minimum atomic E-state index is 0.412. The molecule has 0 amide bonds. The summed E-state index contributed by atoms with van der Waals surface area (Å²) in [6.45, 7) is 7.61. The highest BCUT2D eigenvalue weighted by molar-refractivity contribution is 4.72. The van der Waals surface area contributed by atoms with Crippen LogP contribution in [0.1, 0.15) is 52.9 Å². The van der Waals surface area contributed by atoms with Crippen LogP contribution >= 0.6 is 0 Å². The van der Waals surface area contributed by atoms with Gasteiger partial charge in [0.15, 0.2) is 0 Å². The Morgan fingerprint density at radius 1 is 1.18 bits per heavy atom. The van der Waals surface area contributed by atoms with Crippen molar-refractivity contribution in [1.82, 2.24) is 0 Å². The zero-order valence-electron chi connectivity index (χ0n) is 8.32. The molecule has 1 atom stereocenters. The maximum absolute atomic E-state index is 5.70. The molecule has 1 nitrogen and oxygen atoms in total. The first-order valence-electron chi connectivity index (χ1n) is 4.88. The van der Waals surface area contributed by atoms with E-state index in [4.69, 9.17) is 5.73 Å². The van der Waals surface area contributed by atoms with Gasteiger partial charge in [0.1, 0.15) is 0 Å². The maximum atomic E-state index is 5.70. The maximum Gasteiger partial charge on any atom is -0.00233 e. The van der Waals surface area contributed by atoms with Crippen LogP contribution in [0, 0.1) is 5.41 Å². The molecule has 0 heterocycles. The van der Waals surface area contributed by atoms with Crippen molar-refractivity contribution in [2.75, 3.05) is 6.54 Å². The van der Waals surface area contributed by atoms with E-state index < -0.39 is 0 Å². The molecule has 11 heavy (non-hydrogen) atoms. The van der Waals surface area contributed by atoms with E-state index in [1.165, 1.54) is 32.1 Å². The van der Waals surface area contributed by atoms with Crippen LogP contribution in [0.4, 0.5) is 0 Å². The van der Waals surface area contributed by atoms with E-state index in [1.54, 1.807) is 0 Å². The first kappa shape index (κ1) is 11.0. The Hall–Kier alpha value is -0.0400. The smallest absolute Gasteiger partial charge is 0.00233 e. The third-order valence-electron chi connectivity index (χ3n) is 2.73. The SMILES string of the molecule is CCCCCC(C)(CC)CN. The van der Waals surface area contributed by atoms with Crippen LogP contribution in [0.5, 0.6) is 0 Å². The minimum absolute atomic E-state index is 0.412. The fraction of sp³-hybridized carbons (Fsp3) is 1.00. The average molecular weight is 157 g/mol. The largest absolute Gasteiger partial charge is 0.330 e. The zero-order chi connectivity index (χ0) is 8.74. The van der Waals surface area contributed by atoms with Gasteiger partial charge in [-0.05, 0) is 24.8 Å². The average Bonchev–Trinajstić information content (AvgIpc) is 2.05. The Morgan fingerprint density at radius 2 is 1.82 bits per heavy atom. The molecule has 0 spiro atoms. The van der Waals surface area contributed by atoms with Crippen LogP contribution in [0.3, 0.4) is 0 Å². The van der Waals surface area contributed by atoms with Gasteiger partial charge in [0.2, 0.25) is 0 Å². The summed E-state index contributed by atoms with van der Waals surface area (Å²) < 4.78 is 0. The molecule has 0 saturated carbocycles. The summed E-state index contributed by atoms with van der Waals surface area (Å²) in [6, 6.07) is 0. The van der Waals surface area contributed by atoms with Crippen molar-refractivity contribution in [2.45, 2.75) is 52.9 Å². The van der Waals surface area contributed by atoms with Crippen molar-refractivity contribution >= 4 is 0 Å². The number of nitrogens with two attached hydrogens (primary N) is 1. The van der Waals surface area contributed by atoms with E-state index in [0.717, 1.165) is 6.54 Å². The van der Waals surface area contributed by atoms with Crippen LogP contribution < -0.4 is 5.73 Å². The molecule has 0 aromatic carbocycles. The van der Waals surface area contributed by atoms with E-state index in [2.05, 4.69) is 20.8 Å². The van der Waals surface area contributed by atoms with Gasteiger partial charge in [0.25, 0.3) is 0 Å². The summed E-state index contributed by atoms with van der Waals surface area (Å²) in [5.74, 6) is 0. The highest BCUT2D eigenvalue weighted by atomic mass is 14.6. The number of rotatable bonds is 6. The third kappa shape index (κ3) is 4.41. The molecule has 1 unspecified atom stereocenters. The van der Waals surface area contributed by atoms with E-state index in [0.29, 0.717) is 5.41 Å². The van der Waals surface area contributed by atoms with Gasteiger partial charge in [-0.2, -0.15) is 0 Å². The standard InChI is InChI=1S/C10H23N/c1-4-6-7-8-10(3,5-2)9-11/h4-9,11H2,1-3H3. The molecular weight excluding hydrogens is 134 g/mol. The summed E-state index contributed by atoms with van der Waals surface area (Å²) >= 11 is 0. The normalized spacial score (nSPS) is 16.4. The van der Waals surface area contributed by atoms with Crippen molar-refractivity contribution in [1.29, 1.82) is 0 Å². The van der Waals surface area contributed by atoms with E-state index in [1.807, 2.05) is 0 Å². The minimum Gasteiger partial charge on any atom is -0.330 e. The summed E-state index contributed by atoms with van der Waals surface area (Å²) in [4.78, 5) is 0. The highest BCUT2D eigenvalue weighted by Crippen LogP contribution is 2.26. The van der Waals surface area contributed by atoms with E-state index >= 15 is 0 Å². The topological polar surface area (TPSA) is 26.0 Å². The Kier molecular flexibility index (Phi) is 5.57. The zero-order valence-corrected chi connectivity index (χ0v) is 8.32. The summed E-state index contributed by atoms with van der Waals surface area (Å²) in [5.41, 5.74) is 6.11. The summed E-state index contributed by atoms with van der Waals surface area (Å²) in [7, 11) is 0. The number of unbranched alkanes of at least 4 members (excludes halogenated alkanes) is 2. The van der Waals surface area contributed by atoms with Gasteiger partial charge in [-0.3, -0.25) is 0 Å². The molecule has 0 bridgehead atoms.